The predicted octanol–water partition coefficient (Wildman–Crippen LogP) is 3.90. The van der Waals surface area contributed by atoms with Crippen LogP contribution in [0, 0.1) is 5.92 Å². The highest BCUT2D eigenvalue weighted by molar-refractivity contribution is 9.10. The number of aromatic nitrogens is 3. The second-order valence-electron chi connectivity index (χ2n) is 5.41. The Kier molecular flexibility index (Phi) is 4.81. The maximum atomic E-state index is 6.32. The fourth-order valence-corrected chi connectivity index (χ4v) is 2.62. The molecule has 0 amide bonds. The molecule has 0 radical (unpaired) electrons. The van der Waals surface area contributed by atoms with E-state index >= 15 is 0 Å². The molecule has 0 aliphatic heterocycles. The number of pyridine rings is 1. The zero-order valence-corrected chi connectivity index (χ0v) is 13.8. The number of anilines is 1. The summed E-state index contributed by atoms with van der Waals surface area (Å²) in [6.07, 6.45) is 5.57. The van der Waals surface area contributed by atoms with Gasteiger partial charge in [0, 0.05) is 35.4 Å². The molecule has 0 aliphatic carbocycles. The van der Waals surface area contributed by atoms with Crippen molar-refractivity contribution in [3.8, 4) is 11.3 Å². The molecule has 4 nitrogen and oxygen atoms in total. The quantitative estimate of drug-likeness (QED) is 0.900. The van der Waals surface area contributed by atoms with Crippen LogP contribution in [0.15, 0.2) is 22.9 Å². The number of nitrogens with zero attached hydrogens (tertiary/aromatic N) is 3. The summed E-state index contributed by atoms with van der Waals surface area (Å²) in [6.45, 7) is 7.44. The van der Waals surface area contributed by atoms with Crippen molar-refractivity contribution in [2.24, 2.45) is 5.92 Å². The molecular weight excluding hydrogens is 316 g/mol. The Morgan fingerprint density at radius 2 is 2.10 bits per heavy atom. The Balaban J connectivity index is 2.49. The normalized spacial score (nSPS) is 11.2. The summed E-state index contributed by atoms with van der Waals surface area (Å²) in [4.78, 5) is 8.94. The average molecular weight is 337 g/mol. The highest BCUT2D eigenvalue weighted by atomic mass is 79.9. The molecule has 2 N–H and O–H groups in total. The Morgan fingerprint density at radius 1 is 1.35 bits per heavy atom. The summed E-state index contributed by atoms with van der Waals surface area (Å²) >= 11 is 3.44. The summed E-state index contributed by atoms with van der Waals surface area (Å²) in [6, 6.07) is 2.00. The van der Waals surface area contributed by atoms with Crippen LogP contribution in [-0.4, -0.2) is 14.5 Å². The Morgan fingerprint density at radius 3 is 2.70 bits per heavy atom. The van der Waals surface area contributed by atoms with Crippen molar-refractivity contribution in [3.63, 3.8) is 0 Å². The van der Waals surface area contributed by atoms with E-state index in [0.717, 1.165) is 46.8 Å². The maximum Gasteiger partial charge on any atom is 0.131 e. The molecule has 0 atom stereocenters. The fraction of sp³-hybridized carbons (Fsp3) is 0.467. The third kappa shape index (κ3) is 3.20. The third-order valence-corrected chi connectivity index (χ3v) is 3.52. The minimum absolute atomic E-state index is 0.538. The third-order valence-electron chi connectivity index (χ3n) is 3.09. The second-order valence-corrected chi connectivity index (χ2v) is 6.32. The van der Waals surface area contributed by atoms with Crippen LogP contribution in [0.2, 0.25) is 0 Å². The van der Waals surface area contributed by atoms with E-state index in [0.29, 0.717) is 5.92 Å². The van der Waals surface area contributed by atoms with E-state index in [1.807, 2.05) is 6.07 Å². The molecule has 0 saturated carbocycles. The Bertz CT molecular complexity index is 590. The van der Waals surface area contributed by atoms with Crippen molar-refractivity contribution >= 4 is 21.7 Å². The van der Waals surface area contributed by atoms with Gasteiger partial charge in [-0.05, 0) is 34.3 Å². The van der Waals surface area contributed by atoms with E-state index in [-0.39, 0.29) is 0 Å². The summed E-state index contributed by atoms with van der Waals surface area (Å²) in [5.74, 6) is 2.34. The van der Waals surface area contributed by atoms with Crippen LogP contribution in [-0.2, 0) is 13.0 Å². The number of nitrogens with two attached hydrogens (primary N) is 1. The van der Waals surface area contributed by atoms with Gasteiger partial charge >= 0.3 is 0 Å². The van der Waals surface area contributed by atoms with Gasteiger partial charge in [-0.1, -0.05) is 20.8 Å². The molecule has 20 heavy (non-hydrogen) atoms. The SMILES string of the molecule is CCCc1nc(-c2cncc(Br)c2)c(N)n1CC(C)C. The van der Waals surface area contributed by atoms with Crippen molar-refractivity contribution in [3.05, 3.63) is 28.8 Å². The highest BCUT2D eigenvalue weighted by Crippen LogP contribution is 2.28. The van der Waals surface area contributed by atoms with Gasteiger partial charge in [0.2, 0.25) is 0 Å². The second kappa shape index (κ2) is 6.39. The summed E-state index contributed by atoms with van der Waals surface area (Å²) in [5.41, 5.74) is 8.11. The number of aryl methyl sites for hydroxylation is 1. The zero-order valence-electron chi connectivity index (χ0n) is 12.2. The van der Waals surface area contributed by atoms with Gasteiger partial charge in [-0.3, -0.25) is 4.98 Å². The molecule has 0 aliphatic rings. The Hall–Kier alpha value is -1.36. The number of nitrogen functional groups attached to an aromatic ring is 1. The van der Waals surface area contributed by atoms with E-state index in [9.17, 15) is 0 Å². The molecule has 0 fully saturated rings. The molecule has 2 aromatic heterocycles. The lowest BCUT2D eigenvalue weighted by atomic mass is 10.2. The van der Waals surface area contributed by atoms with Gasteiger partial charge in [-0.25, -0.2) is 4.98 Å². The van der Waals surface area contributed by atoms with Crippen molar-refractivity contribution in [2.75, 3.05) is 5.73 Å². The zero-order chi connectivity index (χ0) is 14.7. The van der Waals surface area contributed by atoms with Crippen molar-refractivity contribution < 1.29 is 0 Å². The molecular formula is C15H21BrN4. The first-order valence-electron chi connectivity index (χ1n) is 6.98. The summed E-state index contributed by atoms with van der Waals surface area (Å²) in [7, 11) is 0. The first-order chi connectivity index (χ1) is 9.52. The lowest BCUT2D eigenvalue weighted by Crippen LogP contribution is -2.11. The predicted molar refractivity (Wildman–Crippen MR) is 86.4 cm³/mol. The van der Waals surface area contributed by atoms with Crippen molar-refractivity contribution in [1.29, 1.82) is 0 Å². The lowest BCUT2D eigenvalue weighted by Gasteiger charge is -2.11. The molecule has 0 aromatic carbocycles. The van der Waals surface area contributed by atoms with Gasteiger partial charge in [-0.15, -0.1) is 0 Å². The molecule has 5 heteroatoms. The van der Waals surface area contributed by atoms with E-state index in [2.05, 4.69) is 46.3 Å². The molecule has 0 unspecified atom stereocenters. The van der Waals surface area contributed by atoms with Crippen LogP contribution < -0.4 is 5.73 Å². The number of hydrogen-bond donors (Lipinski definition) is 1. The minimum atomic E-state index is 0.538. The van der Waals surface area contributed by atoms with Gasteiger partial charge in [0.1, 0.15) is 17.3 Å². The molecule has 0 saturated heterocycles. The van der Waals surface area contributed by atoms with Crippen LogP contribution in [0.25, 0.3) is 11.3 Å². The van der Waals surface area contributed by atoms with Crippen LogP contribution in [0.5, 0.6) is 0 Å². The van der Waals surface area contributed by atoms with Crippen LogP contribution in [0.3, 0.4) is 0 Å². The number of rotatable bonds is 5. The minimum Gasteiger partial charge on any atom is -0.383 e. The molecule has 2 aromatic rings. The first kappa shape index (κ1) is 15.0. The van der Waals surface area contributed by atoms with Gasteiger partial charge in [-0.2, -0.15) is 0 Å². The van der Waals surface area contributed by atoms with Gasteiger partial charge in [0.05, 0.1) is 0 Å². The van der Waals surface area contributed by atoms with Crippen molar-refractivity contribution in [1.82, 2.24) is 14.5 Å². The molecule has 2 rings (SSSR count). The number of imidazole rings is 1. The standard InChI is InChI=1S/C15H21BrN4/c1-4-5-13-19-14(11-6-12(16)8-18-7-11)15(17)20(13)9-10(2)3/h6-8,10H,4-5,9,17H2,1-3H3. The Labute approximate surface area is 128 Å². The maximum absolute atomic E-state index is 6.32. The molecule has 108 valence electrons. The van der Waals surface area contributed by atoms with E-state index in [4.69, 9.17) is 10.7 Å². The lowest BCUT2D eigenvalue weighted by molar-refractivity contribution is 0.510. The van der Waals surface area contributed by atoms with E-state index in [1.165, 1.54) is 0 Å². The van der Waals surface area contributed by atoms with Gasteiger partial charge < -0.3 is 10.3 Å². The van der Waals surface area contributed by atoms with Crippen LogP contribution >= 0.6 is 15.9 Å². The molecule has 2 heterocycles. The highest BCUT2D eigenvalue weighted by Gasteiger charge is 2.16. The molecule has 0 bridgehead atoms. The van der Waals surface area contributed by atoms with Crippen LogP contribution in [0.4, 0.5) is 5.82 Å². The van der Waals surface area contributed by atoms with Crippen molar-refractivity contribution in [2.45, 2.75) is 40.2 Å². The van der Waals surface area contributed by atoms with E-state index < -0.39 is 0 Å². The first-order valence-corrected chi connectivity index (χ1v) is 7.78. The average Bonchev–Trinajstić information content (AvgIpc) is 2.68. The topological polar surface area (TPSA) is 56.7 Å². The van der Waals surface area contributed by atoms with Crippen LogP contribution in [0.1, 0.15) is 33.0 Å². The largest absolute Gasteiger partial charge is 0.383 e. The number of halogens is 1. The van der Waals surface area contributed by atoms with E-state index in [1.54, 1.807) is 12.4 Å². The molecule has 0 spiro atoms. The fourth-order valence-electron chi connectivity index (χ4n) is 2.25. The van der Waals surface area contributed by atoms with Gasteiger partial charge in [0.15, 0.2) is 0 Å². The number of hydrogen-bond acceptors (Lipinski definition) is 3. The summed E-state index contributed by atoms with van der Waals surface area (Å²) < 4.78 is 3.08. The smallest absolute Gasteiger partial charge is 0.131 e. The van der Waals surface area contributed by atoms with Gasteiger partial charge in [0.25, 0.3) is 0 Å². The summed E-state index contributed by atoms with van der Waals surface area (Å²) in [5, 5.41) is 0. The monoisotopic (exact) mass is 336 g/mol.